The van der Waals surface area contributed by atoms with Crippen LogP contribution in [0.1, 0.15) is 18.1 Å². The van der Waals surface area contributed by atoms with E-state index >= 15 is 0 Å². The van der Waals surface area contributed by atoms with E-state index in [-0.39, 0.29) is 18.4 Å². The van der Waals surface area contributed by atoms with E-state index in [1.54, 1.807) is 30.3 Å². The van der Waals surface area contributed by atoms with E-state index in [9.17, 15) is 4.79 Å². The van der Waals surface area contributed by atoms with Crippen molar-refractivity contribution in [3.05, 3.63) is 58.2 Å². The number of rotatable bonds is 4. The molecule has 0 fully saturated rings. The van der Waals surface area contributed by atoms with E-state index in [0.29, 0.717) is 40.0 Å². The third-order valence-electron chi connectivity index (χ3n) is 3.79. The lowest BCUT2D eigenvalue weighted by atomic mass is 10.1. The number of cyclic esters (lactones) is 1. The van der Waals surface area contributed by atoms with E-state index in [4.69, 9.17) is 30.5 Å². The summed E-state index contributed by atoms with van der Waals surface area (Å²) in [6.45, 7) is 2.50. The topological polar surface area (TPSA) is 66.3 Å². The van der Waals surface area contributed by atoms with Gasteiger partial charge in [0.15, 0.2) is 17.2 Å². The molecular formula is C19H14ClNO5. The van der Waals surface area contributed by atoms with Crippen LogP contribution in [0.25, 0.3) is 6.08 Å². The number of hydrogen-bond acceptors (Lipinski definition) is 6. The van der Waals surface area contributed by atoms with Crippen molar-refractivity contribution in [2.24, 2.45) is 4.99 Å². The Morgan fingerprint density at radius 1 is 1.27 bits per heavy atom. The van der Waals surface area contributed by atoms with E-state index in [0.717, 1.165) is 0 Å². The molecule has 0 atom stereocenters. The quantitative estimate of drug-likeness (QED) is 0.604. The molecule has 0 saturated carbocycles. The second-order valence-corrected chi connectivity index (χ2v) is 5.91. The lowest BCUT2D eigenvalue weighted by molar-refractivity contribution is -0.129. The number of para-hydroxylation sites is 1. The molecule has 2 aliphatic heterocycles. The predicted molar refractivity (Wildman–Crippen MR) is 95.8 cm³/mol. The fourth-order valence-corrected chi connectivity index (χ4v) is 2.95. The van der Waals surface area contributed by atoms with Gasteiger partial charge >= 0.3 is 5.97 Å². The molecule has 0 radical (unpaired) electrons. The molecule has 2 aromatic carbocycles. The number of nitrogens with zero attached hydrogens (tertiary/aromatic N) is 1. The molecule has 0 saturated heterocycles. The van der Waals surface area contributed by atoms with Crippen LogP contribution in [0.3, 0.4) is 0 Å². The van der Waals surface area contributed by atoms with Crippen LogP contribution < -0.4 is 14.2 Å². The molecule has 0 N–H and O–H groups in total. The Labute approximate surface area is 154 Å². The number of hydrogen-bond donors (Lipinski definition) is 0. The molecule has 6 nitrogen and oxygen atoms in total. The van der Waals surface area contributed by atoms with Crippen molar-refractivity contribution < 1.29 is 23.7 Å². The standard InChI is InChI=1S/C19H14ClNO5/c1-2-23-15-6-4-3-5-12(15)18-21-14(19(22)26-18)8-11-7-13(20)17-16(9-11)24-10-25-17/h3-9H,2,10H2,1H3/b14-8-. The van der Waals surface area contributed by atoms with Gasteiger partial charge in [0.05, 0.1) is 17.2 Å². The minimum absolute atomic E-state index is 0.119. The van der Waals surface area contributed by atoms with Gasteiger partial charge in [-0.25, -0.2) is 9.79 Å². The third-order valence-corrected chi connectivity index (χ3v) is 4.07. The highest BCUT2D eigenvalue weighted by Crippen LogP contribution is 2.40. The highest BCUT2D eigenvalue weighted by atomic mass is 35.5. The number of carbonyl (C=O) groups is 1. The Kier molecular flexibility index (Phi) is 4.26. The van der Waals surface area contributed by atoms with Crippen molar-refractivity contribution in [2.45, 2.75) is 6.92 Å². The maximum Gasteiger partial charge on any atom is 0.363 e. The van der Waals surface area contributed by atoms with Crippen molar-refractivity contribution in [1.82, 2.24) is 0 Å². The van der Waals surface area contributed by atoms with Crippen LogP contribution in [0, 0.1) is 0 Å². The minimum Gasteiger partial charge on any atom is -0.493 e. The highest BCUT2D eigenvalue weighted by molar-refractivity contribution is 6.32. The molecule has 132 valence electrons. The maximum absolute atomic E-state index is 12.2. The van der Waals surface area contributed by atoms with Crippen LogP contribution in [-0.4, -0.2) is 25.3 Å². The van der Waals surface area contributed by atoms with Crippen molar-refractivity contribution in [3.8, 4) is 17.2 Å². The largest absolute Gasteiger partial charge is 0.493 e. The molecule has 2 aliphatic rings. The molecule has 0 bridgehead atoms. The molecule has 4 rings (SSSR count). The Morgan fingerprint density at radius 2 is 2.12 bits per heavy atom. The zero-order valence-corrected chi connectivity index (χ0v) is 14.6. The number of aliphatic imine (C=N–C) groups is 1. The molecule has 0 unspecified atom stereocenters. The molecule has 0 spiro atoms. The average molecular weight is 372 g/mol. The summed E-state index contributed by atoms with van der Waals surface area (Å²) in [6, 6.07) is 10.7. The highest BCUT2D eigenvalue weighted by Gasteiger charge is 2.27. The van der Waals surface area contributed by atoms with Gasteiger partial charge in [0, 0.05) is 0 Å². The second-order valence-electron chi connectivity index (χ2n) is 5.50. The Bertz CT molecular complexity index is 951. The first-order valence-corrected chi connectivity index (χ1v) is 8.37. The van der Waals surface area contributed by atoms with E-state index in [1.807, 2.05) is 19.1 Å². The number of carbonyl (C=O) groups excluding carboxylic acids is 1. The molecular weight excluding hydrogens is 358 g/mol. The van der Waals surface area contributed by atoms with Crippen molar-refractivity contribution >= 4 is 29.5 Å². The fraction of sp³-hybridized carbons (Fsp3) is 0.158. The predicted octanol–water partition coefficient (Wildman–Crippen LogP) is 3.81. The Morgan fingerprint density at radius 3 is 2.96 bits per heavy atom. The Balaban J connectivity index is 1.69. The number of esters is 1. The summed E-state index contributed by atoms with van der Waals surface area (Å²) in [4.78, 5) is 16.5. The van der Waals surface area contributed by atoms with Gasteiger partial charge in [-0.2, -0.15) is 0 Å². The molecule has 7 heteroatoms. The van der Waals surface area contributed by atoms with Gasteiger partial charge in [-0.15, -0.1) is 0 Å². The lowest BCUT2D eigenvalue weighted by Crippen LogP contribution is -2.07. The molecule has 0 aromatic heterocycles. The van der Waals surface area contributed by atoms with Gasteiger partial charge in [-0.1, -0.05) is 23.7 Å². The molecule has 2 aromatic rings. The maximum atomic E-state index is 12.2. The molecule has 0 aliphatic carbocycles. The number of halogens is 1. The SMILES string of the molecule is CCOc1ccccc1C1=N/C(=C\c2cc(Cl)c3c(c2)OCO3)C(=O)O1. The third kappa shape index (κ3) is 2.99. The lowest BCUT2D eigenvalue weighted by Gasteiger charge is -2.08. The van der Waals surface area contributed by atoms with E-state index < -0.39 is 5.97 Å². The normalized spacial score (nSPS) is 16.6. The van der Waals surface area contributed by atoms with Crippen LogP contribution in [0.2, 0.25) is 5.02 Å². The monoisotopic (exact) mass is 371 g/mol. The summed E-state index contributed by atoms with van der Waals surface area (Å²) < 4.78 is 21.5. The van der Waals surface area contributed by atoms with Gasteiger partial charge in [0.2, 0.25) is 12.7 Å². The van der Waals surface area contributed by atoms with Gasteiger partial charge in [0.1, 0.15) is 5.75 Å². The summed E-state index contributed by atoms with van der Waals surface area (Å²) in [7, 11) is 0. The van der Waals surface area contributed by atoms with E-state index in [1.165, 1.54) is 0 Å². The summed E-state index contributed by atoms with van der Waals surface area (Å²) in [6.07, 6.45) is 1.59. The number of benzene rings is 2. The zero-order valence-electron chi connectivity index (χ0n) is 13.8. The van der Waals surface area contributed by atoms with Gasteiger partial charge in [0.25, 0.3) is 0 Å². The van der Waals surface area contributed by atoms with Crippen LogP contribution in [0.15, 0.2) is 47.1 Å². The Hall–Kier alpha value is -2.99. The first-order valence-electron chi connectivity index (χ1n) is 7.99. The van der Waals surface area contributed by atoms with Crippen molar-refractivity contribution in [2.75, 3.05) is 13.4 Å². The summed E-state index contributed by atoms with van der Waals surface area (Å²) in [5.74, 6) is 1.30. The summed E-state index contributed by atoms with van der Waals surface area (Å²) >= 11 is 6.17. The minimum atomic E-state index is -0.542. The van der Waals surface area contributed by atoms with Gasteiger partial charge in [-0.05, 0) is 42.8 Å². The smallest absolute Gasteiger partial charge is 0.363 e. The molecule has 0 amide bonds. The summed E-state index contributed by atoms with van der Waals surface area (Å²) in [5.41, 5.74) is 1.45. The van der Waals surface area contributed by atoms with Crippen molar-refractivity contribution in [3.63, 3.8) is 0 Å². The second kappa shape index (κ2) is 6.72. The molecule has 2 heterocycles. The molecule has 26 heavy (non-hydrogen) atoms. The summed E-state index contributed by atoms with van der Waals surface area (Å²) in [5, 5.41) is 0.407. The van der Waals surface area contributed by atoms with Crippen LogP contribution in [0.4, 0.5) is 0 Å². The van der Waals surface area contributed by atoms with Crippen LogP contribution >= 0.6 is 11.6 Å². The van der Waals surface area contributed by atoms with Gasteiger partial charge in [-0.3, -0.25) is 0 Å². The van der Waals surface area contributed by atoms with Crippen LogP contribution in [-0.2, 0) is 9.53 Å². The first-order chi connectivity index (χ1) is 12.7. The number of fused-ring (bicyclic) bond motifs is 1. The van der Waals surface area contributed by atoms with Gasteiger partial charge < -0.3 is 18.9 Å². The average Bonchev–Trinajstić information content (AvgIpc) is 3.23. The first kappa shape index (κ1) is 16.5. The van der Waals surface area contributed by atoms with Crippen molar-refractivity contribution in [1.29, 1.82) is 0 Å². The fourth-order valence-electron chi connectivity index (χ4n) is 2.68. The van der Waals surface area contributed by atoms with E-state index in [2.05, 4.69) is 4.99 Å². The zero-order chi connectivity index (χ0) is 18.1. The van der Waals surface area contributed by atoms with Crippen LogP contribution in [0.5, 0.6) is 17.2 Å². The number of ether oxygens (including phenoxy) is 4.